The van der Waals surface area contributed by atoms with E-state index in [2.05, 4.69) is 29.2 Å². The smallest absolute Gasteiger partial charge is 0.163 e. The normalized spacial score (nSPS) is 16.7. The van der Waals surface area contributed by atoms with Crippen molar-refractivity contribution in [3.8, 4) is 11.5 Å². The van der Waals surface area contributed by atoms with Gasteiger partial charge in [-0.15, -0.1) is 0 Å². The van der Waals surface area contributed by atoms with Crippen LogP contribution in [0.15, 0.2) is 54.2 Å². The standard InChI is InChI=1S/C23H25NO3/c1-24(18-8-5-9-20(25)14-18)19-10-11-22(26-2)23(15-19)27-21-12-16-6-3-4-7-17(16)13-21/h3-4,6-7,10-11,14-15,21H,5,8-9,12-13H2,1-2H3. The van der Waals surface area contributed by atoms with Crippen molar-refractivity contribution in [1.82, 2.24) is 0 Å². The van der Waals surface area contributed by atoms with Gasteiger partial charge in [0.15, 0.2) is 17.3 Å². The van der Waals surface area contributed by atoms with Crippen molar-refractivity contribution in [2.45, 2.75) is 38.2 Å². The maximum atomic E-state index is 11.8. The fourth-order valence-electron chi connectivity index (χ4n) is 3.95. The SMILES string of the molecule is COc1ccc(N(C)C2=CC(=O)CCC2)cc1OC1Cc2ccccc2C1. The fraction of sp³-hybridized carbons (Fsp3) is 0.348. The molecule has 0 amide bonds. The molecular formula is C23H25NO3. The Morgan fingerprint density at radius 3 is 2.41 bits per heavy atom. The van der Waals surface area contributed by atoms with Crippen LogP contribution in [0, 0.1) is 0 Å². The average molecular weight is 363 g/mol. The van der Waals surface area contributed by atoms with Crippen LogP contribution in [0.5, 0.6) is 11.5 Å². The number of nitrogens with zero attached hydrogens (tertiary/aromatic N) is 1. The molecule has 27 heavy (non-hydrogen) atoms. The van der Waals surface area contributed by atoms with E-state index >= 15 is 0 Å². The van der Waals surface area contributed by atoms with Gasteiger partial charge in [-0.25, -0.2) is 0 Å². The van der Waals surface area contributed by atoms with Crippen molar-refractivity contribution >= 4 is 11.5 Å². The Labute approximate surface area is 160 Å². The van der Waals surface area contributed by atoms with Gasteiger partial charge in [0.05, 0.1) is 7.11 Å². The Morgan fingerprint density at radius 2 is 1.74 bits per heavy atom. The van der Waals surface area contributed by atoms with E-state index in [-0.39, 0.29) is 11.9 Å². The molecule has 4 heteroatoms. The Kier molecular flexibility index (Phi) is 4.88. The average Bonchev–Trinajstić information content (AvgIpc) is 3.09. The number of hydrogen-bond donors (Lipinski definition) is 0. The molecule has 0 N–H and O–H groups in total. The summed E-state index contributed by atoms with van der Waals surface area (Å²) in [5, 5.41) is 0. The minimum atomic E-state index is 0.118. The van der Waals surface area contributed by atoms with Crippen LogP contribution in [0.1, 0.15) is 30.4 Å². The third-order valence-corrected chi connectivity index (χ3v) is 5.46. The molecule has 0 fully saturated rings. The molecule has 4 nitrogen and oxygen atoms in total. The second kappa shape index (κ2) is 7.47. The predicted octanol–water partition coefficient (Wildman–Crippen LogP) is 4.31. The molecular weight excluding hydrogens is 338 g/mol. The Morgan fingerprint density at radius 1 is 1.00 bits per heavy atom. The van der Waals surface area contributed by atoms with Crippen LogP contribution in [0.25, 0.3) is 0 Å². The van der Waals surface area contributed by atoms with Crippen LogP contribution >= 0.6 is 0 Å². The summed E-state index contributed by atoms with van der Waals surface area (Å²) >= 11 is 0. The molecule has 0 spiro atoms. The van der Waals surface area contributed by atoms with Gasteiger partial charge < -0.3 is 14.4 Å². The lowest BCUT2D eigenvalue weighted by Crippen LogP contribution is -2.21. The Bertz CT molecular complexity index is 862. The van der Waals surface area contributed by atoms with Crippen molar-refractivity contribution in [3.63, 3.8) is 0 Å². The summed E-state index contributed by atoms with van der Waals surface area (Å²) in [4.78, 5) is 13.8. The number of methoxy groups -OCH3 is 1. The van der Waals surface area contributed by atoms with Crippen LogP contribution < -0.4 is 14.4 Å². The van der Waals surface area contributed by atoms with Crippen LogP contribution in [-0.4, -0.2) is 26.0 Å². The van der Waals surface area contributed by atoms with Crippen molar-refractivity contribution in [2.24, 2.45) is 0 Å². The number of carbonyl (C=O) groups is 1. The maximum Gasteiger partial charge on any atom is 0.163 e. The number of carbonyl (C=O) groups excluding carboxylic acids is 1. The van der Waals surface area contributed by atoms with Gasteiger partial charge in [0.2, 0.25) is 0 Å². The van der Waals surface area contributed by atoms with Crippen molar-refractivity contribution in [1.29, 1.82) is 0 Å². The molecule has 0 unspecified atom stereocenters. The molecule has 0 saturated carbocycles. The molecule has 0 saturated heterocycles. The highest BCUT2D eigenvalue weighted by Crippen LogP contribution is 2.36. The molecule has 0 heterocycles. The molecule has 0 aromatic heterocycles. The van der Waals surface area contributed by atoms with Crippen molar-refractivity contribution < 1.29 is 14.3 Å². The quantitative estimate of drug-likeness (QED) is 0.793. The highest BCUT2D eigenvalue weighted by atomic mass is 16.5. The summed E-state index contributed by atoms with van der Waals surface area (Å²) < 4.78 is 11.9. The van der Waals surface area contributed by atoms with Gasteiger partial charge in [0, 0.05) is 49.8 Å². The van der Waals surface area contributed by atoms with E-state index in [1.54, 1.807) is 13.2 Å². The molecule has 2 aromatic rings. The van der Waals surface area contributed by atoms with E-state index in [9.17, 15) is 4.79 Å². The first-order valence-electron chi connectivity index (χ1n) is 9.52. The van der Waals surface area contributed by atoms with E-state index in [1.807, 2.05) is 25.2 Å². The summed E-state index contributed by atoms with van der Waals surface area (Å²) in [6.45, 7) is 0. The lowest BCUT2D eigenvalue weighted by molar-refractivity contribution is -0.115. The van der Waals surface area contributed by atoms with Gasteiger partial charge in [-0.1, -0.05) is 24.3 Å². The topological polar surface area (TPSA) is 38.8 Å². The Hall–Kier alpha value is -2.75. The zero-order valence-electron chi connectivity index (χ0n) is 15.9. The number of rotatable bonds is 5. The van der Waals surface area contributed by atoms with Crippen LogP contribution in [-0.2, 0) is 17.6 Å². The lowest BCUT2D eigenvalue weighted by atomic mass is 10.0. The van der Waals surface area contributed by atoms with Gasteiger partial charge in [-0.05, 0) is 36.1 Å². The van der Waals surface area contributed by atoms with E-state index in [4.69, 9.17) is 9.47 Å². The number of ketones is 1. The summed E-state index contributed by atoms with van der Waals surface area (Å²) in [5.74, 6) is 1.69. The molecule has 0 radical (unpaired) electrons. The summed E-state index contributed by atoms with van der Waals surface area (Å²) in [6, 6.07) is 14.5. The number of hydrogen-bond acceptors (Lipinski definition) is 4. The first kappa shape index (κ1) is 17.7. The van der Waals surface area contributed by atoms with E-state index in [0.717, 1.165) is 48.6 Å². The van der Waals surface area contributed by atoms with Gasteiger partial charge in [-0.3, -0.25) is 4.79 Å². The number of allylic oxidation sites excluding steroid dienone is 2. The van der Waals surface area contributed by atoms with E-state index in [0.29, 0.717) is 6.42 Å². The second-order valence-electron chi connectivity index (χ2n) is 7.27. The molecule has 2 aliphatic carbocycles. The van der Waals surface area contributed by atoms with Crippen LogP contribution in [0.4, 0.5) is 5.69 Å². The first-order valence-corrected chi connectivity index (χ1v) is 9.52. The van der Waals surface area contributed by atoms with Crippen LogP contribution in [0.3, 0.4) is 0 Å². The largest absolute Gasteiger partial charge is 0.493 e. The van der Waals surface area contributed by atoms with Gasteiger partial charge >= 0.3 is 0 Å². The number of fused-ring (bicyclic) bond motifs is 1. The summed E-state index contributed by atoms with van der Waals surface area (Å²) in [7, 11) is 3.67. The van der Waals surface area contributed by atoms with Gasteiger partial charge in [-0.2, -0.15) is 0 Å². The molecule has 140 valence electrons. The number of anilines is 1. The zero-order chi connectivity index (χ0) is 18.8. The second-order valence-corrected chi connectivity index (χ2v) is 7.27. The molecule has 0 bridgehead atoms. The van der Waals surface area contributed by atoms with E-state index in [1.165, 1.54) is 11.1 Å². The number of benzene rings is 2. The first-order chi connectivity index (χ1) is 13.1. The van der Waals surface area contributed by atoms with E-state index < -0.39 is 0 Å². The highest BCUT2D eigenvalue weighted by molar-refractivity contribution is 5.91. The molecule has 2 aromatic carbocycles. The molecule has 2 aliphatic rings. The monoisotopic (exact) mass is 363 g/mol. The summed E-state index contributed by atoms with van der Waals surface area (Å²) in [6.07, 6.45) is 6.20. The maximum absolute atomic E-state index is 11.8. The predicted molar refractivity (Wildman–Crippen MR) is 107 cm³/mol. The Balaban J connectivity index is 1.56. The molecule has 0 atom stereocenters. The van der Waals surface area contributed by atoms with Crippen molar-refractivity contribution in [3.05, 3.63) is 65.4 Å². The number of ether oxygens (including phenoxy) is 2. The fourth-order valence-corrected chi connectivity index (χ4v) is 3.95. The molecule has 0 aliphatic heterocycles. The van der Waals surface area contributed by atoms with Gasteiger partial charge in [0.25, 0.3) is 0 Å². The van der Waals surface area contributed by atoms with Crippen LogP contribution in [0.2, 0.25) is 0 Å². The molecule has 4 rings (SSSR count). The summed E-state index contributed by atoms with van der Waals surface area (Å²) in [5.41, 5.74) is 4.78. The third-order valence-electron chi connectivity index (χ3n) is 5.46. The lowest BCUT2D eigenvalue weighted by Gasteiger charge is -2.26. The minimum absolute atomic E-state index is 0.118. The third kappa shape index (κ3) is 3.70. The highest BCUT2D eigenvalue weighted by Gasteiger charge is 2.24. The van der Waals surface area contributed by atoms with Crippen molar-refractivity contribution in [2.75, 3.05) is 19.1 Å². The zero-order valence-corrected chi connectivity index (χ0v) is 15.9. The van der Waals surface area contributed by atoms with Gasteiger partial charge in [0.1, 0.15) is 6.10 Å². The minimum Gasteiger partial charge on any atom is -0.493 e.